The summed E-state index contributed by atoms with van der Waals surface area (Å²) in [5.41, 5.74) is 2.66. The van der Waals surface area contributed by atoms with Crippen LogP contribution in [0.2, 0.25) is 0 Å². The van der Waals surface area contributed by atoms with E-state index in [2.05, 4.69) is 0 Å². The fourth-order valence-electron chi connectivity index (χ4n) is 3.62. The maximum atomic E-state index is 12.7. The molecule has 0 spiro atoms. The molecule has 1 aromatic rings. The number of ether oxygens (including phenoxy) is 2. The fraction of sp³-hybridized carbons (Fsp3) is 0.611. The van der Waals surface area contributed by atoms with Crippen LogP contribution in [0.25, 0.3) is 0 Å². The van der Waals surface area contributed by atoms with E-state index in [0.29, 0.717) is 31.9 Å². The molecule has 0 saturated carbocycles. The minimum Gasteiger partial charge on any atom is -0.456 e. The minimum atomic E-state index is -4.25. The van der Waals surface area contributed by atoms with Crippen LogP contribution < -0.4 is 0 Å². The predicted molar refractivity (Wildman–Crippen MR) is 96.0 cm³/mol. The fourth-order valence-corrected chi connectivity index (χ4v) is 4.26. The highest BCUT2D eigenvalue weighted by atomic mass is 32.2. The van der Waals surface area contributed by atoms with Gasteiger partial charge in [-0.1, -0.05) is 12.1 Å². The molecule has 1 saturated heterocycles. The molecular weight excluding hydrogens is 358 g/mol. The Morgan fingerprint density at radius 3 is 2.69 bits per heavy atom. The van der Waals surface area contributed by atoms with Crippen molar-refractivity contribution in [1.29, 1.82) is 0 Å². The molecule has 26 heavy (non-hydrogen) atoms. The lowest BCUT2D eigenvalue weighted by molar-refractivity contribution is 0.000883. The van der Waals surface area contributed by atoms with Crippen LogP contribution in [-0.2, 0) is 32.4 Å². The Labute approximate surface area is 154 Å². The Bertz CT molecular complexity index is 742. The van der Waals surface area contributed by atoms with E-state index in [4.69, 9.17) is 9.47 Å². The van der Waals surface area contributed by atoms with Crippen LogP contribution in [0, 0.1) is 0 Å². The number of morpholine rings is 1. The van der Waals surface area contributed by atoms with E-state index in [-0.39, 0.29) is 6.54 Å². The van der Waals surface area contributed by atoms with Crippen molar-refractivity contribution in [1.82, 2.24) is 4.90 Å². The molecule has 2 aliphatic rings. The number of benzene rings is 1. The van der Waals surface area contributed by atoms with E-state index in [1.54, 1.807) is 6.07 Å². The first kappa shape index (κ1) is 19.3. The van der Waals surface area contributed by atoms with Gasteiger partial charge >= 0.3 is 5.97 Å². The van der Waals surface area contributed by atoms with Gasteiger partial charge in [0.25, 0.3) is 10.1 Å². The van der Waals surface area contributed by atoms with Crippen LogP contribution in [0.5, 0.6) is 0 Å². The van der Waals surface area contributed by atoms with Gasteiger partial charge in [-0.3, -0.25) is 9.45 Å². The van der Waals surface area contributed by atoms with Crippen molar-refractivity contribution in [2.45, 2.75) is 31.8 Å². The van der Waals surface area contributed by atoms with Crippen LogP contribution in [0.15, 0.2) is 18.2 Å². The van der Waals surface area contributed by atoms with Crippen LogP contribution in [0.1, 0.15) is 34.3 Å². The second-order valence-corrected chi connectivity index (χ2v) is 8.34. The largest absolute Gasteiger partial charge is 0.456 e. The number of fused-ring (bicyclic) bond motifs is 1. The van der Waals surface area contributed by atoms with E-state index in [9.17, 15) is 17.8 Å². The summed E-state index contributed by atoms with van der Waals surface area (Å²) in [5, 5.41) is 0. The quantitative estimate of drug-likeness (QED) is 0.585. The molecular formula is C18H25NO6S. The third kappa shape index (κ3) is 5.26. The molecule has 1 heterocycles. The van der Waals surface area contributed by atoms with Gasteiger partial charge < -0.3 is 9.47 Å². The van der Waals surface area contributed by atoms with Crippen molar-refractivity contribution in [3.05, 3.63) is 34.9 Å². The Hall–Kier alpha value is -1.48. The summed E-state index contributed by atoms with van der Waals surface area (Å²) in [6.07, 6.45) is 2.98. The second-order valence-electron chi connectivity index (χ2n) is 6.84. The van der Waals surface area contributed by atoms with Gasteiger partial charge in [-0.25, -0.2) is 4.79 Å². The molecule has 1 atom stereocenters. The molecule has 8 heteroatoms. The lowest BCUT2D eigenvalue weighted by Gasteiger charge is -2.30. The van der Waals surface area contributed by atoms with E-state index in [0.717, 1.165) is 36.8 Å². The van der Waals surface area contributed by atoms with E-state index in [1.807, 2.05) is 17.0 Å². The van der Waals surface area contributed by atoms with E-state index in [1.165, 1.54) is 0 Å². The Balaban J connectivity index is 1.74. The standard InChI is InChI=1S/C18H25NO6S/c20-18(17-7-3-5-14-4-1-2-6-16(14)17)25-15(13-26(21,22)23)12-19-8-10-24-11-9-19/h3,5,7,15H,1-2,4,6,8-13H2,(H,21,22,23). The Morgan fingerprint density at radius 1 is 1.23 bits per heavy atom. The van der Waals surface area contributed by atoms with E-state index < -0.39 is 27.9 Å². The third-order valence-corrected chi connectivity index (χ3v) is 5.64. The van der Waals surface area contributed by atoms with Gasteiger partial charge in [0.2, 0.25) is 0 Å². The lowest BCUT2D eigenvalue weighted by Crippen LogP contribution is -2.44. The summed E-state index contributed by atoms with van der Waals surface area (Å²) < 4.78 is 42.7. The van der Waals surface area contributed by atoms with Gasteiger partial charge in [0, 0.05) is 19.6 Å². The van der Waals surface area contributed by atoms with Crippen LogP contribution >= 0.6 is 0 Å². The normalized spacial score (nSPS) is 19.6. The predicted octanol–water partition coefficient (Wildman–Crippen LogP) is 1.31. The monoisotopic (exact) mass is 383 g/mol. The van der Waals surface area contributed by atoms with Crippen LogP contribution in [-0.4, -0.2) is 68.5 Å². The van der Waals surface area contributed by atoms with Crippen LogP contribution in [0.3, 0.4) is 0 Å². The van der Waals surface area contributed by atoms with E-state index >= 15 is 0 Å². The summed E-state index contributed by atoms with van der Waals surface area (Å²) in [5.74, 6) is -1.13. The molecule has 1 N–H and O–H groups in total. The molecule has 1 aliphatic carbocycles. The maximum Gasteiger partial charge on any atom is 0.338 e. The maximum absolute atomic E-state index is 12.7. The SMILES string of the molecule is O=C(OC(CN1CCOCC1)CS(=O)(=O)O)c1cccc2c1CCCC2. The zero-order valence-electron chi connectivity index (χ0n) is 14.7. The highest BCUT2D eigenvalue weighted by Crippen LogP contribution is 2.25. The number of carbonyl (C=O) groups excluding carboxylic acids is 1. The van der Waals surface area contributed by atoms with Crippen molar-refractivity contribution in [3.8, 4) is 0 Å². The van der Waals surface area contributed by atoms with Gasteiger partial charge in [0.05, 0.1) is 18.8 Å². The minimum absolute atomic E-state index is 0.254. The highest BCUT2D eigenvalue weighted by Gasteiger charge is 2.27. The Kier molecular flexibility index (Phi) is 6.29. The molecule has 0 amide bonds. The van der Waals surface area contributed by atoms with Gasteiger partial charge in [-0.15, -0.1) is 0 Å². The van der Waals surface area contributed by atoms with Gasteiger partial charge in [0.1, 0.15) is 11.9 Å². The zero-order valence-corrected chi connectivity index (χ0v) is 15.5. The molecule has 3 rings (SSSR count). The summed E-state index contributed by atoms with van der Waals surface area (Å²) in [4.78, 5) is 14.7. The first-order valence-electron chi connectivity index (χ1n) is 8.99. The molecule has 7 nitrogen and oxygen atoms in total. The summed E-state index contributed by atoms with van der Waals surface area (Å²) in [7, 11) is -4.25. The molecule has 1 unspecified atom stereocenters. The van der Waals surface area contributed by atoms with Crippen molar-refractivity contribution < 1.29 is 27.2 Å². The summed E-state index contributed by atoms with van der Waals surface area (Å²) in [6, 6.07) is 5.58. The second kappa shape index (κ2) is 8.47. The molecule has 1 aliphatic heterocycles. The molecule has 1 aromatic carbocycles. The van der Waals surface area contributed by atoms with Gasteiger partial charge in [-0.2, -0.15) is 8.42 Å². The van der Waals surface area contributed by atoms with Crippen molar-refractivity contribution in [3.63, 3.8) is 0 Å². The highest BCUT2D eigenvalue weighted by molar-refractivity contribution is 7.85. The van der Waals surface area contributed by atoms with Crippen molar-refractivity contribution in [2.24, 2.45) is 0 Å². The number of rotatable bonds is 6. The number of esters is 1. The van der Waals surface area contributed by atoms with Crippen molar-refractivity contribution in [2.75, 3.05) is 38.6 Å². The third-order valence-electron chi connectivity index (χ3n) is 4.85. The molecule has 0 bridgehead atoms. The van der Waals surface area contributed by atoms with Crippen LogP contribution in [0.4, 0.5) is 0 Å². The van der Waals surface area contributed by atoms with Gasteiger partial charge in [0.15, 0.2) is 0 Å². The zero-order chi connectivity index (χ0) is 18.6. The lowest BCUT2D eigenvalue weighted by atomic mass is 9.88. The molecule has 1 fully saturated rings. The number of nitrogens with zero attached hydrogens (tertiary/aromatic N) is 1. The van der Waals surface area contributed by atoms with Gasteiger partial charge in [-0.05, 0) is 42.9 Å². The first-order valence-corrected chi connectivity index (χ1v) is 10.6. The molecule has 0 aromatic heterocycles. The topological polar surface area (TPSA) is 93.1 Å². The number of carbonyl (C=O) groups is 1. The summed E-state index contributed by atoms with van der Waals surface area (Å²) in [6.45, 7) is 2.64. The first-order chi connectivity index (χ1) is 12.4. The number of hydrogen-bond donors (Lipinski definition) is 1. The summed E-state index contributed by atoms with van der Waals surface area (Å²) >= 11 is 0. The molecule has 0 radical (unpaired) electrons. The molecule has 144 valence electrons. The average molecular weight is 383 g/mol. The van der Waals surface area contributed by atoms with Crippen molar-refractivity contribution >= 4 is 16.1 Å². The smallest absolute Gasteiger partial charge is 0.338 e. The number of hydrogen-bond acceptors (Lipinski definition) is 6. The Morgan fingerprint density at radius 2 is 1.96 bits per heavy atom. The average Bonchev–Trinajstić information content (AvgIpc) is 2.60. The number of aryl methyl sites for hydroxylation is 1.